The molecule has 0 aliphatic carbocycles. The monoisotopic (exact) mass is 672 g/mol. The molecule has 0 fully saturated rings. The summed E-state index contributed by atoms with van der Waals surface area (Å²) in [6.45, 7) is 8.06. The normalized spacial score (nSPS) is 10.5. The van der Waals surface area contributed by atoms with Gasteiger partial charge in [-0.25, -0.2) is 14.4 Å². The van der Waals surface area contributed by atoms with Gasteiger partial charge in [0, 0.05) is 10.5 Å². The van der Waals surface area contributed by atoms with Crippen LogP contribution in [0.1, 0.15) is 50.2 Å². The van der Waals surface area contributed by atoms with Crippen LogP contribution in [0.4, 0.5) is 0 Å². The van der Waals surface area contributed by atoms with Crippen LogP contribution < -0.4 is 18.9 Å². The van der Waals surface area contributed by atoms with Crippen molar-refractivity contribution in [3.8, 4) is 23.0 Å². The zero-order valence-corrected chi connectivity index (χ0v) is 26.6. The van der Waals surface area contributed by atoms with E-state index in [1.807, 2.05) is 36.4 Å². The highest BCUT2D eigenvalue weighted by Crippen LogP contribution is 2.30. The van der Waals surface area contributed by atoms with Gasteiger partial charge in [0.05, 0.1) is 24.3 Å². The summed E-state index contributed by atoms with van der Waals surface area (Å²) in [6.07, 6.45) is 2.50. The lowest BCUT2D eigenvalue weighted by atomic mass is 10.1. The van der Waals surface area contributed by atoms with Gasteiger partial charge in [-0.2, -0.15) is 0 Å². The van der Waals surface area contributed by atoms with Crippen LogP contribution in [0.25, 0.3) is 0 Å². The quantitative estimate of drug-likeness (QED) is 0.0576. The summed E-state index contributed by atoms with van der Waals surface area (Å²) in [7, 11) is 0. The Morgan fingerprint density at radius 2 is 1.16 bits per heavy atom. The van der Waals surface area contributed by atoms with Crippen LogP contribution in [0.2, 0.25) is 0 Å². The number of rotatable bonds is 14. The molecule has 0 atom stereocenters. The molecule has 0 aliphatic heterocycles. The standard InChI is InChI=1S/C36H33BrO8/c1-4-34(38)42-22-6-5-21-41-30-15-11-28(12-16-30)36(40)45-33-20-19-32(24(2)25(33)3)44-35(39)27-9-7-26(8-10-27)23-43-31-17-13-29(37)14-18-31/h4,7-20H,1,5-6,21-23H2,2-3H3. The zero-order chi connectivity index (χ0) is 32.2. The molecule has 8 nitrogen and oxygen atoms in total. The van der Waals surface area contributed by atoms with Gasteiger partial charge in [-0.05, 0) is 116 Å². The summed E-state index contributed by atoms with van der Waals surface area (Å²) < 4.78 is 28.7. The van der Waals surface area contributed by atoms with Crippen molar-refractivity contribution in [1.82, 2.24) is 0 Å². The number of carbonyl (C=O) groups is 3. The largest absolute Gasteiger partial charge is 0.494 e. The van der Waals surface area contributed by atoms with Gasteiger partial charge in [0.2, 0.25) is 0 Å². The van der Waals surface area contributed by atoms with Gasteiger partial charge < -0.3 is 23.7 Å². The molecule has 0 aromatic heterocycles. The van der Waals surface area contributed by atoms with Gasteiger partial charge in [-0.3, -0.25) is 0 Å². The van der Waals surface area contributed by atoms with E-state index in [1.165, 1.54) is 0 Å². The first kappa shape index (κ1) is 33.0. The van der Waals surface area contributed by atoms with Crippen LogP contribution in [0.15, 0.2) is 102 Å². The molecule has 9 heteroatoms. The second-order valence-corrected chi connectivity index (χ2v) is 10.9. The molecular formula is C36H33BrO8. The molecule has 0 N–H and O–H groups in total. The maximum absolute atomic E-state index is 12.8. The predicted octanol–water partition coefficient (Wildman–Crippen LogP) is 7.97. The van der Waals surface area contributed by atoms with Crippen LogP contribution in [0.3, 0.4) is 0 Å². The summed E-state index contributed by atoms with van der Waals surface area (Å²) in [5.41, 5.74) is 3.02. The highest BCUT2D eigenvalue weighted by atomic mass is 79.9. The van der Waals surface area contributed by atoms with Gasteiger partial charge in [-0.15, -0.1) is 0 Å². The lowest BCUT2D eigenvalue weighted by Crippen LogP contribution is -2.12. The topological polar surface area (TPSA) is 97.4 Å². The highest BCUT2D eigenvalue weighted by molar-refractivity contribution is 9.10. The van der Waals surface area contributed by atoms with Crippen molar-refractivity contribution in [3.05, 3.63) is 130 Å². The van der Waals surface area contributed by atoms with E-state index in [0.717, 1.165) is 21.9 Å². The van der Waals surface area contributed by atoms with Crippen LogP contribution in [0.5, 0.6) is 23.0 Å². The number of hydrogen-bond donors (Lipinski definition) is 0. The Labute approximate surface area is 270 Å². The van der Waals surface area contributed by atoms with Crippen molar-refractivity contribution >= 4 is 33.8 Å². The highest BCUT2D eigenvalue weighted by Gasteiger charge is 2.17. The van der Waals surface area contributed by atoms with Gasteiger partial charge in [0.25, 0.3) is 0 Å². The van der Waals surface area contributed by atoms with Crippen molar-refractivity contribution in [2.45, 2.75) is 33.3 Å². The van der Waals surface area contributed by atoms with Gasteiger partial charge >= 0.3 is 17.9 Å². The van der Waals surface area contributed by atoms with Gasteiger partial charge in [0.1, 0.15) is 29.6 Å². The minimum absolute atomic E-state index is 0.306. The molecule has 0 saturated carbocycles. The Balaban J connectivity index is 1.27. The third-order valence-electron chi connectivity index (χ3n) is 6.81. The maximum Gasteiger partial charge on any atom is 0.343 e. The third-order valence-corrected chi connectivity index (χ3v) is 7.34. The molecule has 232 valence electrons. The van der Waals surface area contributed by atoms with Crippen LogP contribution >= 0.6 is 15.9 Å². The van der Waals surface area contributed by atoms with Crippen molar-refractivity contribution in [3.63, 3.8) is 0 Å². The minimum atomic E-state index is -0.526. The van der Waals surface area contributed by atoms with E-state index < -0.39 is 17.9 Å². The lowest BCUT2D eigenvalue weighted by molar-refractivity contribution is -0.137. The smallest absolute Gasteiger partial charge is 0.343 e. The number of esters is 3. The third kappa shape index (κ3) is 9.81. The summed E-state index contributed by atoms with van der Waals surface area (Å²) in [4.78, 5) is 36.7. The molecule has 4 aromatic carbocycles. The molecule has 4 aromatic rings. The number of carbonyl (C=O) groups excluding carboxylic acids is 3. The number of hydrogen-bond acceptors (Lipinski definition) is 8. The molecule has 0 spiro atoms. The zero-order valence-electron chi connectivity index (χ0n) is 25.0. The summed E-state index contributed by atoms with van der Waals surface area (Å²) >= 11 is 3.40. The molecule has 0 amide bonds. The Bertz CT molecular complexity index is 1630. The fraction of sp³-hybridized carbons (Fsp3) is 0.194. The average Bonchev–Trinajstić information content (AvgIpc) is 3.06. The Kier molecular flexibility index (Phi) is 11.9. The average molecular weight is 674 g/mol. The number of ether oxygens (including phenoxy) is 5. The summed E-state index contributed by atoms with van der Waals surface area (Å²) in [5.74, 6) is 0.630. The fourth-order valence-corrected chi connectivity index (χ4v) is 4.32. The lowest BCUT2D eigenvalue weighted by Gasteiger charge is -2.14. The molecule has 4 rings (SSSR count). The summed E-state index contributed by atoms with van der Waals surface area (Å²) in [6, 6.07) is 24.4. The molecule has 0 saturated heterocycles. The van der Waals surface area contributed by atoms with Crippen molar-refractivity contribution < 1.29 is 38.1 Å². The first-order valence-corrected chi connectivity index (χ1v) is 15.1. The van der Waals surface area contributed by atoms with Crippen molar-refractivity contribution in [2.24, 2.45) is 0 Å². The van der Waals surface area contributed by atoms with E-state index >= 15 is 0 Å². The predicted molar refractivity (Wildman–Crippen MR) is 173 cm³/mol. The van der Waals surface area contributed by atoms with Gasteiger partial charge in [-0.1, -0.05) is 34.6 Å². The molecular weight excluding hydrogens is 640 g/mol. The molecule has 0 unspecified atom stereocenters. The van der Waals surface area contributed by atoms with E-state index in [9.17, 15) is 14.4 Å². The first-order chi connectivity index (χ1) is 21.7. The van der Waals surface area contributed by atoms with E-state index in [4.69, 9.17) is 23.7 Å². The van der Waals surface area contributed by atoms with E-state index in [1.54, 1.807) is 62.4 Å². The molecule has 45 heavy (non-hydrogen) atoms. The second kappa shape index (κ2) is 16.3. The van der Waals surface area contributed by atoms with Crippen LogP contribution in [-0.2, 0) is 16.1 Å². The van der Waals surface area contributed by atoms with Crippen LogP contribution in [0, 0.1) is 13.8 Å². The maximum atomic E-state index is 12.8. The molecule has 0 bridgehead atoms. The SMILES string of the molecule is C=CC(=O)OCCCCOc1ccc(C(=O)Oc2ccc(OC(=O)c3ccc(COc4ccc(Br)cc4)cc3)c(C)c2C)cc1. The van der Waals surface area contributed by atoms with Gasteiger partial charge in [0.15, 0.2) is 0 Å². The Hall–Kier alpha value is -4.89. The van der Waals surface area contributed by atoms with E-state index in [-0.39, 0.29) is 0 Å². The molecule has 0 heterocycles. The van der Waals surface area contributed by atoms with E-state index in [0.29, 0.717) is 72.2 Å². The number of unbranched alkanes of at least 4 members (excludes halogenated alkanes) is 1. The molecule has 0 aliphatic rings. The Morgan fingerprint density at radius 3 is 1.71 bits per heavy atom. The van der Waals surface area contributed by atoms with Crippen molar-refractivity contribution in [2.75, 3.05) is 13.2 Å². The first-order valence-electron chi connectivity index (χ1n) is 14.3. The van der Waals surface area contributed by atoms with Crippen molar-refractivity contribution in [1.29, 1.82) is 0 Å². The van der Waals surface area contributed by atoms with Crippen LogP contribution in [-0.4, -0.2) is 31.1 Å². The summed E-state index contributed by atoms with van der Waals surface area (Å²) in [5, 5.41) is 0. The molecule has 0 radical (unpaired) electrons. The minimum Gasteiger partial charge on any atom is -0.494 e. The number of benzene rings is 4. The fourth-order valence-electron chi connectivity index (χ4n) is 4.06. The number of halogens is 1. The second-order valence-electron chi connectivity index (χ2n) is 9.98. The Morgan fingerprint density at radius 1 is 0.667 bits per heavy atom. The van der Waals surface area contributed by atoms with E-state index in [2.05, 4.69) is 22.5 Å².